The largest absolute Gasteiger partial charge is 0.422 e. The van der Waals surface area contributed by atoms with E-state index >= 15 is 0 Å². The Balaban J connectivity index is 1.62. The van der Waals surface area contributed by atoms with E-state index in [1.165, 1.54) is 24.3 Å². The zero-order valence-corrected chi connectivity index (χ0v) is 17.1. The lowest BCUT2D eigenvalue weighted by atomic mass is 10.1. The van der Waals surface area contributed by atoms with Crippen LogP contribution >= 0.6 is 11.6 Å². The fourth-order valence-electron chi connectivity index (χ4n) is 3.62. The Morgan fingerprint density at radius 1 is 1.00 bits per heavy atom. The lowest BCUT2D eigenvalue weighted by molar-refractivity contribution is -0.384. The van der Waals surface area contributed by atoms with E-state index in [1.807, 2.05) is 35.2 Å². The van der Waals surface area contributed by atoms with Crippen LogP contribution in [0.3, 0.4) is 0 Å². The lowest BCUT2D eigenvalue weighted by Gasteiger charge is -2.37. The molecule has 4 rings (SSSR count). The molecular formula is C22H17ClN4O4. The van der Waals surface area contributed by atoms with E-state index in [1.54, 1.807) is 6.07 Å². The minimum absolute atomic E-state index is 0.0585. The van der Waals surface area contributed by atoms with Gasteiger partial charge in [0.25, 0.3) is 5.69 Å². The van der Waals surface area contributed by atoms with Crippen molar-refractivity contribution >= 4 is 28.7 Å². The van der Waals surface area contributed by atoms with Crippen LogP contribution in [0.25, 0.3) is 11.3 Å². The smallest absolute Gasteiger partial charge is 0.356 e. The first kappa shape index (κ1) is 20.4. The summed E-state index contributed by atoms with van der Waals surface area (Å²) in [7, 11) is 0. The Morgan fingerprint density at radius 2 is 1.61 bits per heavy atom. The number of para-hydroxylation sites is 1. The van der Waals surface area contributed by atoms with Gasteiger partial charge in [0.2, 0.25) is 0 Å². The van der Waals surface area contributed by atoms with Gasteiger partial charge in [-0.3, -0.25) is 10.1 Å². The summed E-state index contributed by atoms with van der Waals surface area (Å²) in [4.78, 5) is 27.0. The van der Waals surface area contributed by atoms with Crippen molar-refractivity contribution in [2.45, 2.75) is 0 Å². The maximum absolute atomic E-state index is 12.5. The lowest BCUT2D eigenvalue weighted by Crippen LogP contribution is -2.47. The van der Waals surface area contributed by atoms with Crippen LogP contribution < -0.4 is 15.4 Å². The Kier molecular flexibility index (Phi) is 5.60. The normalized spacial score (nSPS) is 13.7. The summed E-state index contributed by atoms with van der Waals surface area (Å²) in [5, 5.41) is 21.1. The summed E-state index contributed by atoms with van der Waals surface area (Å²) < 4.78 is 5.32. The molecule has 0 atom stereocenters. The van der Waals surface area contributed by atoms with E-state index in [-0.39, 0.29) is 17.0 Å². The minimum atomic E-state index is -0.734. The van der Waals surface area contributed by atoms with Crippen LogP contribution in [-0.4, -0.2) is 31.1 Å². The number of nitro groups is 1. The Hall–Kier alpha value is -3.83. The van der Waals surface area contributed by atoms with Crippen LogP contribution in [0.1, 0.15) is 5.56 Å². The minimum Gasteiger partial charge on any atom is -0.422 e. The number of non-ortho nitro benzene ring substituents is 1. The number of benzene rings is 2. The molecule has 9 heteroatoms. The second-order valence-corrected chi connectivity index (χ2v) is 7.41. The van der Waals surface area contributed by atoms with E-state index in [2.05, 4.69) is 4.90 Å². The van der Waals surface area contributed by atoms with Crippen molar-refractivity contribution in [1.29, 1.82) is 5.26 Å². The maximum Gasteiger partial charge on any atom is 0.356 e. The first-order valence-corrected chi connectivity index (χ1v) is 9.93. The van der Waals surface area contributed by atoms with E-state index in [0.29, 0.717) is 42.5 Å². The monoisotopic (exact) mass is 436 g/mol. The van der Waals surface area contributed by atoms with Gasteiger partial charge >= 0.3 is 5.63 Å². The van der Waals surface area contributed by atoms with E-state index in [9.17, 15) is 20.2 Å². The summed E-state index contributed by atoms with van der Waals surface area (Å²) in [6, 6.07) is 16.9. The van der Waals surface area contributed by atoms with Crippen molar-refractivity contribution in [1.82, 2.24) is 0 Å². The number of piperazine rings is 1. The van der Waals surface area contributed by atoms with Crippen molar-refractivity contribution in [2.75, 3.05) is 36.0 Å². The molecule has 0 spiro atoms. The molecular weight excluding hydrogens is 420 g/mol. The van der Waals surface area contributed by atoms with Gasteiger partial charge in [0.1, 0.15) is 11.8 Å². The molecule has 0 saturated carbocycles. The van der Waals surface area contributed by atoms with Gasteiger partial charge in [-0.1, -0.05) is 23.7 Å². The number of anilines is 2. The van der Waals surface area contributed by atoms with E-state index < -0.39 is 10.5 Å². The van der Waals surface area contributed by atoms with Crippen LogP contribution in [0.2, 0.25) is 5.02 Å². The molecule has 0 unspecified atom stereocenters. The molecule has 31 heavy (non-hydrogen) atoms. The molecule has 1 aromatic heterocycles. The topological polar surface area (TPSA) is 104 Å². The highest BCUT2D eigenvalue weighted by Gasteiger charge is 2.24. The highest BCUT2D eigenvalue weighted by atomic mass is 35.5. The fraction of sp³-hybridized carbons (Fsp3) is 0.182. The Labute approximate surface area is 182 Å². The van der Waals surface area contributed by atoms with Crippen molar-refractivity contribution in [3.05, 3.63) is 85.7 Å². The van der Waals surface area contributed by atoms with E-state index in [4.69, 9.17) is 16.0 Å². The van der Waals surface area contributed by atoms with Crippen molar-refractivity contribution in [2.24, 2.45) is 0 Å². The molecule has 0 aliphatic carbocycles. The fourth-order valence-corrected chi connectivity index (χ4v) is 3.87. The molecule has 0 radical (unpaired) electrons. The molecule has 8 nitrogen and oxygen atoms in total. The third kappa shape index (κ3) is 4.09. The molecule has 0 bridgehead atoms. The molecule has 156 valence electrons. The zero-order chi connectivity index (χ0) is 22.0. The first-order valence-electron chi connectivity index (χ1n) is 9.55. The van der Waals surface area contributed by atoms with Gasteiger partial charge in [-0.05, 0) is 24.3 Å². The Morgan fingerprint density at radius 3 is 2.19 bits per heavy atom. The van der Waals surface area contributed by atoms with Crippen molar-refractivity contribution < 1.29 is 9.34 Å². The zero-order valence-electron chi connectivity index (χ0n) is 16.3. The number of nitrogens with zero attached hydrogens (tertiary/aromatic N) is 4. The second kappa shape index (κ2) is 8.50. The number of hydrogen-bond acceptors (Lipinski definition) is 7. The molecule has 1 fully saturated rings. The Bertz CT molecular complexity index is 1230. The summed E-state index contributed by atoms with van der Waals surface area (Å²) >= 11 is 6.30. The van der Waals surface area contributed by atoms with Gasteiger partial charge in [-0.25, -0.2) is 4.79 Å². The quantitative estimate of drug-likeness (QED) is 0.448. The predicted molar refractivity (Wildman–Crippen MR) is 118 cm³/mol. The number of rotatable bonds is 4. The number of hydrogen-bond donors (Lipinski definition) is 0. The van der Waals surface area contributed by atoms with Crippen LogP contribution in [0, 0.1) is 21.4 Å². The van der Waals surface area contributed by atoms with Crippen LogP contribution in [0.15, 0.2) is 63.8 Å². The molecule has 2 aromatic carbocycles. The third-order valence-corrected chi connectivity index (χ3v) is 5.54. The third-order valence-electron chi connectivity index (χ3n) is 5.22. The van der Waals surface area contributed by atoms with Crippen molar-refractivity contribution in [3.8, 4) is 17.4 Å². The molecule has 0 amide bonds. The van der Waals surface area contributed by atoms with Gasteiger partial charge in [0.05, 0.1) is 21.3 Å². The van der Waals surface area contributed by atoms with Gasteiger partial charge in [-0.2, -0.15) is 5.26 Å². The van der Waals surface area contributed by atoms with E-state index in [0.717, 1.165) is 5.69 Å². The molecule has 3 aromatic rings. The highest BCUT2D eigenvalue weighted by Crippen LogP contribution is 2.30. The molecule has 1 saturated heterocycles. The van der Waals surface area contributed by atoms with Crippen LogP contribution in [0.4, 0.5) is 17.1 Å². The predicted octanol–water partition coefficient (Wildman–Crippen LogP) is 4.07. The molecule has 1 aliphatic rings. The number of nitriles is 1. The average Bonchev–Trinajstić information content (AvgIpc) is 2.79. The average molecular weight is 437 g/mol. The number of nitro benzene ring substituents is 1. The summed E-state index contributed by atoms with van der Waals surface area (Å²) in [5.74, 6) is 0.252. The number of halogens is 1. The van der Waals surface area contributed by atoms with Crippen molar-refractivity contribution in [3.63, 3.8) is 0 Å². The van der Waals surface area contributed by atoms with Gasteiger partial charge in [0, 0.05) is 49.9 Å². The van der Waals surface area contributed by atoms with Crippen LogP contribution in [0.5, 0.6) is 0 Å². The van der Waals surface area contributed by atoms with Gasteiger partial charge in [0.15, 0.2) is 5.56 Å². The molecule has 1 aliphatic heterocycles. The summed E-state index contributed by atoms with van der Waals surface area (Å²) in [6.45, 7) is 2.51. The SMILES string of the molecule is N#Cc1c(N2CCN(c3ccccc3Cl)CC2)cc(-c2ccc([N+](=O)[O-])cc2)oc1=O. The van der Waals surface area contributed by atoms with Gasteiger partial charge < -0.3 is 14.2 Å². The van der Waals surface area contributed by atoms with Crippen LogP contribution in [-0.2, 0) is 0 Å². The molecule has 0 N–H and O–H groups in total. The first-order chi connectivity index (χ1) is 15.0. The summed E-state index contributed by atoms with van der Waals surface area (Å²) in [5.41, 5.74) is 1.10. The second-order valence-electron chi connectivity index (χ2n) is 7.00. The molecule has 2 heterocycles. The maximum atomic E-state index is 12.5. The van der Waals surface area contributed by atoms with Gasteiger partial charge in [-0.15, -0.1) is 0 Å². The highest BCUT2D eigenvalue weighted by molar-refractivity contribution is 6.33. The summed E-state index contributed by atoms with van der Waals surface area (Å²) in [6.07, 6.45) is 0. The standard InChI is InChI=1S/C22H17ClN4O4/c23-18-3-1-2-4-19(18)25-9-11-26(12-10-25)20-13-21(31-22(28)17(20)14-24)15-5-7-16(8-6-15)27(29)30/h1-8,13H,9-12H2.